The number of nitrogens with zero attached hydrogens (tertiary/aromatic N) is 3. The average molecular weight is 570 g/mol. The number of pyridine rings is 1. The molecule has 3 heterocycles. The van der Waals surface area contributed by atoms with Gasteiger partial charge in [0.1, 0.15) is 5.60 Å². The standard InChI is InChI=1S/C33H43N7O2/c1-33(2,3)42-32(41)40-20-18-39(19-21-40)17-16-34-24-29-22-28(13-15-36-29)38-27-10-8-26(9-11-27)35-14-12-25-23-37-31-7-5-4-6-30(25)31/h4-11,13,15,22-23,34-35,37H,12,14,16-21,24H2,1-3H3,(H,36,38). The fourth-order valence-electron chi connectivity index (χ4n) is 5.10. The van der Waals surface area contributed by atoms with Crippen molar-refractivity contribution < 1.29 is 9.53 Å². The minimum Gasteiger partial charge on any atom is -0.444 e. The smallest absolute Gasteiger partial charge is 0.410 e. The first-order chi connectivity index (χ1) is 20.3. The van der Waals surface area contributed by atoms with Crippen LogP contribution in [0, 0.1) is 0 Å². The predicted octanol–water partition coefficient (Wildman–Crippen LogP) is 5.60. The van der Waals surface area contributed by atoms with Crippen molar-refractivity contribution in [3.63, 3.8) is 0 Å². The lowest BCUT2D eigenvalue weighted by molar-refractivity contribution is 0.0146. The van der Waals surface area contributed by atoms with Gasteiger partial charge in [-0.2, -0.15) is 0 Å². The highest BCUT2D eigenvalue weighted by Crippen LogP contribution is 2.21. The number of nitrogens with one attached hydrogen (secondary N) is 4. The number of carbonyl (C=O) groups excluding carboxylic acids is 1. The summed E-state index contributed by atoms with van der Waals surface area (Å²) in [5.41, 5.74) is 6.20. The van der Waals surface area contributed by atoms with E-state index in [-0.39, 0.29) is 6.09 Å². The van der Waals surface area contributed by atoms with Crippen molar-refractivity contribution in [2.75, 3.05) is 56.4 Å². The number of fused-ring (bicyclic) bond motifs is 1. The minimum atomic E-state index is -0.458. The molecule has 9 nitrogen and oxygen atoms in total. The molecule has 0 aliphatic carbocycles. The molecular formula is C33H43N7O2. The first-order valence-corrected chi connectivity index (χ1v) is 14.8. The molecule has 0 radical (unpaired) electrons. The highest BCUT2D eigenvalue weighted by Gasteiger charge is 2.25. The molecule has 0 unspecified atom stereocenters. The van der Waals surface area contributed by atoms with Crippen LogP contribution in [0.5, 0.6) is 0 Å². The number of amides is 1. The number of piperazine rings is 1. The third-order valence-corrected chi connectivity index (χ3v) is 7.32. The van der Waals surface area contributed by atoms with E-state index >= 15 is 0 Å². The summed E-state index contributed by atoms with van der Waals surface area (Å²) in [5, 5.41) is 11.8. The average Bonchev–Trinajstić information content (AvgIpc) is 3.39. The quantitative estimate of drug-likeness (QED) is 0.175. The van der Waals surface area contributed by atoms with Gasteiger partial charge in [0.15, 0.2) is 0 Å². The van der Waals surface area contributed by atoms with Crippen LogP contribution >= 0.6 is 0 Å². The number of hydrogen-bond acceptors (Lipinski definition) is 7. The first-order valence-electron chi connectivity index (χ1n) is 14.8. The second-order valence-electron chi connectivity index (χ2n) is 11.8. The number of carbonyl (C=O) groups is 1. The summed E-state index contributed by atoms with van der Waals surface area (Å²) in [6, 6.07) is 20.9. The number of aromatic amines is 1. The van der Waals surface area contributed by atoms with Crippen molar-refractivity contribution in [1.82, 2.24) is 25.1 Å². The Balaban J connectivity index is 1.00. The molecule has 4 N–H and O–H groups in total. The summed E-state index contributed by atoms with van der Waals surface area (Å²) in [6.07, 6.45) is 4.69. The summed E-state index contributed by atoms with van der Waals surface area (Å²) in [7, 11) is 0. The molecule has 0 saturated carbocycles. The molecule has 1 saturated heterocycles. The molecule has 222 valence electrons. The van der Waals surface area contributed by atoms with E-state index < -0.39 is 5.60 Å². The van der Waals surface area contributed by atoms with E-state index in [2.05, 4.69) is 91.6 Å². The van der Waals surface area contributed by atoms with Gasteiger partial charge in [0.2, 0.25) is 0 Å². The summed E-state index contributed by atoms with van der Waals surface area (Å²) >= 11 is 0. The lowest BCUT2D eigenvalue weighted by Crippen LogP contribution is -2.51. The van der Waals surface area contributed by atoms with Crippen LogP contribution in [-0.4, -0.2) is 77.3 Å². The van der Waals surface area contributed by atoms with Gasteiger partial charge < -0.3 is 30.6 Å². The molecule has 1 aliphatic heterocycles. The van der Waals surface area contributed by atoms with Gasteiger partial charge in [-0.1, -0.05) is 18.2 Å². The van der Waals surface area contributed by atoms with Crippen LogP contribution in [0.15, 0.2) is 73.1 Å². The fourth-order valence-corrected chi connectivity index (χ4v) is 5.10. The monoisotopic (exact) mass is 569 g/mol. The van der Waals surface area contributed by atoms with E-state index in [0.29, 0.717) is 19.6 Å². The number of aromatic nitrogens is 2. The maximum atomic E-state index is 12.3. The maximum Gasteiger partial charge on any atom is 0.410 e. The van der Waals surface area contributed by atoms with Crippen LogP contribution in [0.4, 0.5) is 21.9 Å². The zero-order valence-electron chi connectivity index (χ0n) is 25.0. The van der Waals surface area contributed by atoms with E-state index in [4.69, 9.17) is 4.74 Å². The molecule has 0 spiro atoms. The van der Waals surface area contributed by atoms with Crippen molar-refractivity contribution in [2.45, 2.75) is 39.3 Å². The molecule has 0 bridgehead atoms. The Bertz CT molecular complexity index is 1440. The number of hydrogen-bond donors (Lipinski definition) is 4. The number of H-pyrrole nitrogens is 1. The Morgan fingerprint density at radius 1 is 0.952 bits per heavy atom. The highest BCUT2D eigenvalue weighted by atomic mass is 16.6. The van der Waals surface area contributed by atoms with Crippen LogP contribution < -0.4 is 16.0 Å². The molecule has 9 heteroatoms. The lowest BCUT2D eigenvalue weighted by Gasteiger charge is -2.35. The number of ether oxygens (including phenoxy) is 1. The second-order valence-corrected chi connectivity index (χ2v) is 11.8. The molecule has 0 atom stereocenters. The molecule has 2 aromatic carbocycles. The summed E-state index contributed by atoms with van der Waals surface area (Å²) in [5.74, 6) is 0. The molecule has 42 heavy (non-hydrogen) atoms. The van der Waals surface area contributed by atoms with Gasteiger partial charge in [-0.25, -0.2) is 4.79 Å². The highest BCUT2D eigenvalue weighted by molar-refractivity contribution is 5.83. The fraction of sp³-hybridized carbons (Fsp3) is 0.394. The van der Waals surface area contributed by atoms with E-state index in [9.17, 15) is 4.79 Å². The Kier molecular flexibility index (Phi) is 9.61. The zero-order chi connectivity index (χ0) is 29.4. The van der Waals surface area contributed by atoms with Crippen molar-refractivity contribution in [2.24, 2.45) is 0 Å². The van der Waals surface area contributed by atoms with Crippen LogP contribution in [0.3, 0.4) is 0 Å². The SMILES string of the molecule is CC(C)(C)OC(=O)N1CCN(CCNCc2cc(Nc3ccc(NCCc4c[nH]c5ccccc45)cc3)ccn2)CC1. The lowest BCUT2D eigenvalue weighted by atomic mass is 10.1. The molecule has 2 aromatic heterocycles. The zero-order valence-corrected chi connectivity index (χ0v) is 25.0. The van der Waals surface area contributed by atoms with E-state index in [0.717, 1.165) is 61.9 Å². The molecule has 1 fully saturated rings. The molecule has 1 amide bonds. The molecule has 5 rings (SSSR count). The Hall–Kier alpha value is -4.08. The topological polar surface area (TPSA) is 97.5 Å². The molecular weight excluding hydrogens is 526 g/mol. The van der Waals surface area contributed by atoms with Crippen LogP contribution in [0.2, 0.25) is 0 Å². The Labute approximate surface area is 248 Å². The van der Waals surface area contributed by atoms with Gasteiger partial charge in [-0.15, -0.1) is 0 Å². The maximum absolute atomic E-state index is 12.3. The van der Waals surface area contributed by atoms with Crippen molar-refractivity contribution in [1.29, 1.82) is 0 Å². The van der Waals surface area contributed by atoms with E-state index in [1.54, 1.807) is 4.90 Å². The second kappa shape index (κ2) is 13.7. The van der Waals surface area contributed by atoms with Gasteiger partial charge in [-0.05, 0) is 75.2 Å². The summed E-state index contributed by atoms with van der Waals surface area (Å²) in [4.78, 5) is 24.3. The van der Waals surface area contributed by atoms with E-state index in [1.807, 2.05) is 33.0 Å². The first kappa shape index (κ1) is 29.4. The third-order valence-electron chi connectivity index (χ3n) is 7.32. The van der Waals surface area contributed by atoms with Crippen molar-refractivity contribution >= 4 is 34.1 Å². The van der Waals surface area contributed by atoms with Gasteiger partial charge >= 0.3 is 6.09 Å². The number of benzene rings is 2. The van der Waals surface area contributed by atoms with Gasteiger partial charge in [-0.3, -0.25) is 9.88 Å². The van der Waals surface area contributed by atoms with Crippen LogP contribution in [0.25, 0.3) is 10.9 Å². The van der Waals surface area contributed by atoms with Gasteiger partial charge in [0.25, 0.3) is 0 Å². The number of para-hydroxylation sites is 1. The van der Waals surface area contributed by atoms with E-state index in [1.165, 1.54) is 16.5 Å². The van der Waals surface area contributed by atoms with Gasteiger partial charge in [0, 0.05) is 92.7 Å². The normalized spacial score (nSPS) is 14.2. The number of anilines is 3. The van der Waals surface area contributed by atoms with Crippen molar-refractivity contribution in [3.8, 4) is 0 Å². The van der Waals surface area contributed by atoms with Crippen LogP contribution in [0.1, 0.15) is 32.0 Å². The van der Waals surface area contributed by atoms with Crippen molar-refractivity contribution in [3.05, 3.63) is 84.3 Å². The minimum absolute atomic E-state index is 0.218. The summed E-state index contributed by atoms with van der Waals surface area (Å²) in [6.45, 7) is 12.2. The predicted molar refractivity (Wildman–Crippen MR) is 170 cm³/mol. The number of rotatable bonds is 11. The Morgan fingerprint density at radius 3 is 2.50 bits per heavy atom. The Morgan fingerprint density at radius 2 is 1.71 bits per heavy atom. The van der Waals surface area contributed by atoms with Crippen LogP contribution in [-0.2, 0) is 17.7 Å². The molecule has 1 aliphatic rings. The summed E-state index contributed by atoms with van der Waals surface area (Å²) < 4.78 is 5.49. The third kappa shape index (κ3) is 8.47. The largest absolute Gasteiger partial charge is 0.444 e. The van der Waals surface area contributed by atoms with Gasteiger partial charge in [0.05, 0.1) is 5.69 Å². The molecule has 4 aromatic rings.